The molecule has 0 aliphatic rings. The minimum atomic E-state index is 0.710. The lowest BCUT2D eigenvalue weighted by atomic mass is 10.3. The van der Waals surface area contributed by atoms with Crippen molar-refractivity contribution in [3.05, 3.63) is 46.2 Å². The first-order valence-corrected chi connectivity index (χ1v) is 8.41. The molecule has 20 heavy (non-hydrogen) atoms. The van der Waals surface area contributed by atoms with E-state index in [0.717, 1.165) is 38.2 Å². The highest BCUT2D eigenvalue weighted by atomic mass is 79.9. The van der Waals surface area contributed by atoms with Crippen LogP contribution in [0.25, 0.3) is 20.8 Å². The van der Waals surface area contributed by atoms with E-state index in [1.807, 2.05) is 12.1 Å². The number of thiazole rings is 1. The predicted octanol–water partition coefficient (Wildman–Crippen LogP) is 5.08. The van der Waals surface area contributed by atoms with Crippen molar-refractivity contribution in [1.29, 1.82) is 0 Å². The molecule has 0 fully saturated rings. The lowest BCUT2D eigenvalue weighted by molar-refractivity contribution is -0.697. The van der Waals surface area contributed by atoms with Gasteiger partial charge in [0.1, 0.15) is 17.1 Å². The zero-order valence-electron chi connectivity index (χ0n) is 10.9. The Morgan fingerprint density at radius 2 is 2.20 bits per heavy atom. The van der Waals surface area contributed by atoms with Crippen molar-refractivity contribution in [1.82, 2.24) is 4.98 Å². The van der Waals surface area contributed by atoms with Gasteiger partial charge in [-0.3, -0.25) is 0 Å². The summed E-state index contributed by atoms with van der Waals surface area (Å²) in [6.45, 7) is 3.17. The van der Waals surface area contributed by atoms with E-state index in [4.69, 9.17) is 11.6 Å². The molecule has 0 spiro atoms. The molecule has 0 aliphatic heterocycles. The Morgan fingerprint density at radius 1 is 1.35 bits per heavy atom. The van der Waals surface area contributed by atoms with E-state index in [1.165, 1.54) is 0 Å². The lowest BCUT2D eigenvalue weighted by Crippen LogP contribution is -2.32. The van der Waals surface area contributed by atoms with Gasteiger partial charge in [0.2, 0.25) is 0 Å². The van der Waals surface area contributed by atoms with Gasteiger partial charge in [-0.05, 0) is 34.1 Å². The summed E-state index contributed by atoms with van der Waals surface area (Å²) in [5.41, 5.74) is 2.00. The first-order valence-electron chi connectivity index (χ1n) is 6.42. The van der Waals surface area contributed by atoms with Crippen LogP contribution in [-0.2, 0) is 6.54 Å². The number of halogens is 2. The van der Waals surface area contributed by atoms with E-state index in [2.05, 4.69) is 56.9 Å². The van der Waals surface area contributed by atoms with Gasteiger partial charge < -0.3 is 0 Å². The molecule has 2 heterocycles. The number of rotatable bonds is 3. The Bertz CT molecular complexity index is 770. The van der Waals surface area contributed by atoms with Crippen LogP contribution in [0, 0.1) is 0 Å². The third-order valence-corrected chi connectivity index (χ3v) is 4.79. The molecule has 0 bridgehead atoms. The van der Waals surface area contributed by atoms with Gasteiger partial charge in [0.25, 0.3) is 0 Å². The Hall–Kier alpha value is -0.970. The Morgan fingerprint density at radius 3 is 2.95 bits per heavy atom. The van der Waals surface area contributed by atoms with Gasteiger partial charge in [0.05, 0.1) is 19.8 Å². The van der Waals surface area contributed by atoms with E-state index in [1.54, 1.807) is 11.3 Å². The predicted molar refractivity (Wildman–Crippen MR) is 88.3 cm³/mol. The van der Waals surface area contributed by atoms with Crippen LogP contribution in [-0.4, -0.2) is 4.98 Å². The van der Waals surface area contributed by atoms with Crippen LogP contribution in [0.5, 0.6) is 0 Å². The number of benzene rings is 1. The summed E-state index contributed by atoms with van der Waals surface area (Å²) in [4.78, 5) is 4.68. The second-order valence-corrected chi connectivity index (χ2v) is 6.94. The summed E-state index contributed by atoms with van der Waals surface area (Å²) in [7, 11) is 0. The maximum Gasteiger partial charge on any atom is 0.183 e. The molecule has 0 N–H and O–H groups in total. The molecule has 2 aromatic heterocycles. The SMILES string of the molecule is CCC[n+]1cc(Br)cc(-c2nc3c(Cl)cccc3s2)c1. The number of aryl methyl sites for hydroxylation is 1. The molecule has 0 radical (unpaired) electrons. The van der Waals surface area contributed by atoms with Gasteiger partial charge in [-0.15, -0.1) is 11.3 Å². The third kappa shape index (κ3) is 2.73. The number of aromatic nitrogens is 2. The molecule has 0 amide bonds. The van der Waals surface area contributed by atoms with Gasteiger partial charge in [-0.25, -0.2) is 9.55 Å². The molecule has 1 aromatic carbocycles. The summed E-state index contributed by atoms with van der Waals surface area (Å²) in [5.74, 6) is 0. The quantitative estimate of drug-likeness (QED) is 0.589. The second kappa shape index (κ2) is 5.80. The van der Waals surface area contributed by atoms with Crippen molar-refractivity contribution >= 4 is 49.1 Å². The molecule has 3 rings (SSSR count). The van der Waals surface area contributed by atoms with Crippen LogP contribution >= 0.6 is 38.9 Å². The van der Waals surface area contributed by atoms with Gasteiger partial charge in [0, 0.05) is 6.42 Å². The van der Waals surface area contributed by atoms with Gasteiger partial charge >= 0.3 is 0 Å². The van der Waals surface area contributed by atoms with Gasteiger partial charge in [-0.2, -0.15) is 0 Å². The van der Waals surface area contributed by atoms with Crippen LogP contribution < -0.4 is 4.57 Å². The van der Waals surface area contributed by atoms with Gasteiger partial charge in [-0.1, -0.05) is 24.6 Å². The number of para-hydroxylation sites is 1. The van der Waals surface area contributed by atoms with Crippen molar-refractivity contribution < 1.29 is 4.57 Å². The molecule has 5 heteroatoms. The number of hydrogen-bond donors (Lipinski definition) is 0. The van der Waals surface area contributed by atoms with Crippen molar-refractivity contribution in [2.24, 2.45) is 0 Å². The maximum atomic E-state index is 6.20. The molecule has 3 aromatic rings. The summed E-state index contributed by atoms with van der Waals surface area (Å²) in [6.07, 6.45) is 5.33. The topological polar surface area (TPSA) is 16.8 Å². The van der Waals surface area contributed by atoms with Crippen LogP contribution in [0.3, 0.4) is 0 Å². The molecule has 0 aliphatic carbocycles. The second-order valence-electron chi connectivity index (χ2n) is 4.59. The third-order valence-electron chi connectivity index (χ3n) is 2.99. The monoisotopic (exact) mass is 367 g/mol. The smallest absolute Gasteiger partial charge is 0.183 e. The summed E-state index contributed by atoms with van der Waals surface area (Å²) < 4.78 is 4.37. The number of nitrogens with zero attached hydrogens (tertiary/aromatic N) is 2. The average Bonchev–Trinajstić information content (AvgIpc) is 2.84. The van der Waals surface area contributed by atoms with Crippen molar-refractivity contribution in [2.75, 3.05) is 0 Å². The number of pyridine rings is 1. The van der Waals surface area contributed by atoms with Gasteiger partial charge in [0.15, 0.2) is 12.4 Å². The first kappa shape index (κ1) is 14.0. The minimum absolute atomic E-state index is 0.710. The van der Waals surface area contributed by atoms with E-state index in [0.29, 0.717) is 5.02 Å². The molecular weight excluding hydrogens is 356 g/mol. The molecule has 0 unspecified atom stereocenters. The summed E-state index contributed by atoms with van der Waals surface area (Å²) in [5, 5.41) is 1.71. The van der Waals surface area contributed by atoms with Crippen molar-refractivity contribution in [2.45, 2.75) is 19.9 Å². The molecule has 0 saturated carbocycles. The standard InChI is InChI=1S/C15H13BrClN2S/c1-2-6-19-8-10(7-11(16)9-19)15-18-14-12(17)4-3-5-13(14)20-15/h3-5,7-9H,2,6H2,1H3/q+1. The zero-order chi connectivity index (χ0) is 14.1. The number of hydrogen-bond acceptors (Lipinski definition) is 2. The molecule has 0 atom stereocenters. The maximum absolute atomic E-state index is 6.20. The highest BCUT2D eigenvalue weighted by Crippen LogP contribution is 2.33. The van der Waals surface area contributed by atoms with Crippen LogP contribution in [0.15, 0.2) is 41.1 Å². The Kier molecular flexibility index (Phi) is 4.06. The number of fused-ring (bicyclic) bond motifs is 1. The highest BCUT2D eigenvalue weighted by Gasteiger charge is 2.13. The van der Waals surface area contributed by atoms with Crippen molar-refractivity contribution in [3.8, 4) is 10.6 Å². The van der Waals surface area contributed by atoms with E-state index in [9.17, 15) is 0 Å². The summed E-state index contributed by atoms with van der Waals surface area (Å²) >= 11 is 11.4. The highest BCUT2D eigenvalue weighted by molar-refractivity contribution is 9.10. The fourth-order valence-electron chi connectivity index (χ4n) is 2.14. The summed E-state index contributed by atoms with van der Waals surface area (Å²) in [6, 6.07) is 7.99. The Balaban J connectivity index is 2.12. The first-order chi connectivity index (χ1) is 9.67. The lowest BCUT2D eigenvalue weighted by Gasteiger charge is -1.98. The molecule has 102 valence electrons. The normalized spacial score (nSPS) is 11.2. The van der Waals surface area contributed by atoms with Crippen molar-refractivity contribution in [3.63, 3.8) is 0 Å². The zero-order valence-corrected chi connectivity index (χ0v) is 14.1. The largest absolute Gasteiger partial charge is 0.234 e. The molecule has 0 saturated heterocycles. The fourth-order valence-corrected chi connectivity index (χ4v) is 3.90. The minimum Gasteiger partial charge on any atom is -0.234 e. The Labute approximate surface area is 135 Å². The van der Waals surface area contributed by atoms with Crippen LogP contribution in [0.1, 0.15) is 13.3 Å². The molecular formula is C15H13BrClN2S+. The average molecular weight is 369 g/mol. The fraction of sp³-hybridized carbons (Fsp3) is 0.200. The molecule has 2 nitrogen and oxygen atoms in total. The van der Waals surface area contributed by atoms with E-state index >= 15 is 0 Å². The van der Waals surface area contributed by atoms with Crippen LogP contribution in [0.4, 0.5) is 0 Å². The van der Waals surface area contributed by atoms with Crippen LogP contribution in [0.2, 0.25) is 5.02 Å². The van der Waals surface area contributed by atoms with E-state index < -0.39 is 0 Å². The van der Waals surface area contributed by atoms with E-state index in [-0.39, 0.29) is 0 Å².